The third kappa shape index (κ3) is 3.53. The molecule has 0 saturated heterocycles. The third-order valence-electron chi connectivity index (χ3n) is 4.43. The van der Waals surface area contributed by atoms with Crippen LogP contribution in [-0.4, -0.2) is 16.9 Å². The van der Waals surface area contributed by atoms with Crippen molar-refractivity contribution >= 4 is 23.2 Å². The molecule has 1 aliphatic rings. The molecule has 21 heavy (non-hydrogen) atoms. The highest BCUT2D eigenvalue weighted by atomic mass is 35.5. The van der Waals surface area contributed by atoms with E-state index in [0.717, 1.165) is 12.8 Å². The van der Waals surface area contributed by atoms with Gasteiger partial charge in [-0.15, -0.1) is 0 Å². The zero-order valence-corrected chi connectivity index (χ0v) is 12.9. The number of non-ortho nitro benzene ring substituents is 1. The van der Waals surface area contributed by atoms with Gasteiger partial charge in [-0.2, -0.15) is 0 Å². The molecule has 1 amide bonds. The van der Waals surface area contributed by atoms with Crippen molar-refractivity contribution < 1.29 is 9.72 Å². The number of nitro groups is 1. The Labute approximate surface area is 128 Å². The lowest BCUT2D eigenvalue weighted by atomic mass is 9.78. The molecule has 0 heterocycles. The van der Waals surface area contributed by atoms with E-state index in [2.05, 4.69) is 19.2 Å². The quantitative estimate of drug-likeness (QED) is 0.681. The minimum absolute atomic E-state index is 0.0941. The van der Waals surface area contributed by atoms with Gasteiger partial charge in [0.1, 0.15) is 0 Å². The monoisotopic (exact) mass is 310 g/mol. The number of benzene rings is 1. The molecule has 0 aliphatic heterocycles. The molecule has 114 valence electrons. The summed E-state index contributed by atoms with van der Waals surface area (Å²) >= 11 is 6.00. The molecule has 3 unspecified atom stereocenters. The van der Waals surface area contributed by atoms with Crippen molar-refractivity contribution in [3.05, 3.63) is 38.9 Å². The van der Waals surface area contributed by atoms with Crippen molar-refractivity contribution in [1.29, 1.82) is 0 Å². The summed E-state index contributed by atoms with van der Waals surface area (Å²) in [5.41, 5.74) is 0.0332. The molecule has 0 radical (unpaired) electrons. The van der Waals surface area contributed by atoms with Crippen molar-refractivity contribution in [3.8, 4) is 0 Å². The first kappa shape index (κ1) is 15.8. The molecule has 0 spiro atoms. The zero-order chi connectivity index (χ0) is 15.6. The number of carbonyl (C=O) groups is 1. The lowest BCUT2D eigenvalue weighted by Gasteiger charge is -2.34. The second kappa shape index (κ2) is 6.43. The Kier molecular flexibility index (Phi) is 4.83. The number of rotatable bonds is 3. The minimum Gasteiger partial charge on any atom is -0.349 e. The maximum atomic E-state index is 12.3. The Morgan fingerprint density at radius 3 is 2.76 bits per heavy atom. The first-order chi connectivity index (χ1) is 9.90. The van der Waals surface area contributed by atoms with Crippen molar-refractivity contribution in [2.75, 3.05) is 0 Å². The normalized spacial score (nSPS) is 25.4. The second-order valence-corrected chi connectivity index (χ2v) is 6.18. The van der Waals surface area contributed by atoms with Crippen LogP contribution in [0.3, 0.4) is 0 Å². The summed E-state index contributed by atoms with van der Waals surface area (Å²) in [5, 5.41) is 14.0. The van der Waals surface area contributed by atoms with Gasteiger partial charge in [0.05, 0.1) is 15.5 Å². The highest BCUT2D eigenvalue weighted by molar-refractivity contribution is 6.33. The van der Waals surface area contributed by atoms with Crippen LogP contribution in [-0.2, 0) is 0 Å². The predicted octanol–water partition coefficient (Wildman–Crippen LogP) is 3.80. The summed E-state index contributed by atoms with van der Waals surface area (Å²) in [6.45, 7) is 4.31. The Morgan fingerprint density at radius 1 is 1.38 bits per heavy atom. The smallest absolute Gasteiger partial charge is 0.270 e. The van der Waals surface area contributed by atoms with E-state index in [4.69, 9.17) is 11.6 Å². The van der Waals surface area contributed by atoms with Crippen LogP contribution in [0.5, 0.6) is 0 Å². The third-order valence-corrected chi connectivity index (χ3v) is 4.76. The van der Waals surface area contributed by atoms with Crippen LogP contribution >= 0.6 is 11.6 Å². The van der Waals surface area contributed by atoms with Crippen LogP contribution in [0.1, 0.15) is 43.5 Å². The van der Waals surface area contributed by atoms with Gasteiger partial charge in [-0.3, -0.25) is 14.9 Å². The van der Waals surface area contributed by atoms with Crippen LogP contribution in [0.2, 0.25) is 5.02 Å². The van der Waals surface area contributed by atoms with Crippen molar-refractivity contribution in [2.45, 2.75) is 39.2 Å². The van der Waals surface area contributed by atoms with Crippen molar-refractivity contribution in [3.63, 3.8) is 0 Å². The molecule has 0 bridgehead atoms. The number of nitro benzene ring substituents is 1. The number of carbonyl (C=O) groups excluding carboxylic acids is 1. The number of hydrogen-bond donors (Lipinski definition) is 1. The predicted molar refractivity (Wildman–Crippen MR) is 81.5 cm³/mol. The topological polar surface area (TPSA) is 72.2 Å². The van der Waals surface area contributed by atoms with Crippen LogP contribution < -0.4 is 5.32 Å². The van der Waals surface area contributed by atoms with Crippen LogP contribution in [0.4, 0.5) is 5.69 Å². The van der Waals surface area contributed by atoms with Gasteiger partial charge in [0.25, 0.3) is 11.6 Å². The molecule has 1 aromatic carbocycles. The molecule has 1 aliphatic carbocycles. The fourth-order valence-corrected chi connectivity index (χ4v) is 3.04. The maximum absolute atomic E-state index is 12.3. The summed E-state index contributed by atoms with van der Waals surface area (Å²) in [6, 6.07) is 4.01. The Morgan fingerprint density at radius 2 is 2.10 bits per heavy atom. The Balaban J connectivity index is 2.16. The number of hydrogen-bond acceptors (Lipinski definition) is 3. The standard InChI is InChI=1S/C15H19ClN2O3/c1-9-4-3-5-14(10(9)2)17-15(19)12-8-11(18(20)21)6-7-13(12)16/h6-10,14H,3-5H2,1-2H3,(H,17,19). The molecule has 1 fully saturated rings. The number of nitrogens with one attached hydrogen (secondary N) is 1. The first-order valence-corrected chi connectivity index (χ1v) is 7.52. The van der Waals surface area contributed by atoms with Gasteiger partial charge >= 0.3 is 0 Å². The molecule has 1 saturated carbocycles. The van der Waals surface area contributed by atoms with Gasteiger partial charge in [-0.05, 0) is 24.3 Å². The summed E-state index contributed by atoms with van der Waals surface area (Å²) in [4.78, 5) is 22.6. The molecular formula is C15H19ClN2O3. The molecular weight excluding hydrogens is 292 g/mol. The molecule has 1 aromatic rings. The van der Waals surface area contributed by atoms with Gasteiger partial charge in [-0.1, -0.05) is 38.3 Å². The van der Waals surface area contributed by atoms with Gasteiger partial charge in [0.15, 0.2) is 0 Å². The van der Waals surface area contributed by atoms with Crippen molar-refractivity contribution in [2.24, 2.45) is 11.8 Å². The fraction of sp³-hybridized carbons (Fsp3) is 0.533. The first-order valence-electron chi connectivity index (χ1n) is 7.15. The van der Waals surface area contributed by atoms with Gasteiger partial charge in [0, 0.05) is 18.2 Å². The van der Waals surface area contributed by atoms with Gasteiger partial charge in [0.2, 0.25) is 0 Å². The number of nitrogens with zero attached hydrogens (tertiary/aromatic N) is 1. The Bertz CT molecular complexity index is 562. The molecule has 6 heteroatoms. The van der Waals surface area contributed by atoms with Gasteiger partial charge in [-0.25, -0.2) is 0 Å². The second-order valence-electron chi connectivity index (χ2n) is 5.77. The van der Waals surface area contributed by atoms with E-state index < -0.39 is 4.92 Å². The summed E-state index contributed by atoms with van der Waals surface area (Å²) in [6.07, 6.45) is 3.19. The van der Waals surface area contributed by atoms with E-state index in [1.807, 2.05) is 0 Å². The van der Waals surface area contributed by atoms with E-state index in [1.165, 1.54) is 24.6 Å². The summed E-state index contributed by atoms with van der Waals surface area (Å²) in [5.74, 6) is 0.611. The van der Waals surface area contributed by atoms with Crippen molar-refractivity contribution in [1.82, 2.24) is 5.32 Å². The lowest BCUT2D eigenvalue weighted by Crippen LogP contribution is -2.43. The van der Waals surface area contributed by atoms with E-state index in [9.17, 15) is 14.9 Å². The van der Waals surface area contributed by atoms with Crippen LogP contribution in [0, 0.1) is 22.0 Å². The van der Waals surface area contributed by atoms with E-state index in [1.54, 1.807) is 0 Å². The average molecular weight is 311 g/mol. The number of amides is 1. The van der Waals surface area contributed by atoms with Gasteiger partial charge < -0.3 is 5.32 Å². The molecule has 5 nitrogen and oxygen atoms in total. The van der Waals surface area contributed by atoms with E-state index in [0.29, 0.717) is 11.8 Å². The van der Waals surface area contributed by atoms with E-state index >= 15 is 0 Å². The van der Waals surface area contributed by atoms with Crippen LogP contribution in [0.25, 0.3) is 0 Å². The maximum Gasteiger partial charge on any atom is 0.270 e. The zero-order valence-electron chi connectivity index (χ0n) is 12.1. The molecule has 1 N–H and O–H groups in total. The SMILES string of the molecule is CC1CCCC(NC(=O)c2cc([N+](=O)[O-])ccc2Cl)C1C. The highest BCUT2D eigenvalue weighted by Gasteiger charge is 2.29. The molecule has 3 atom stereocenters. The highest BCUT2D eigenvalue weighted by Crippen LogP contribution is 2.30. The molecule has 2 rings (SSSR count). The molecule has 0 aromatic heterocycles. The fourth-order valence-electron chi connectivity index (χ4n) is 2.83. The summed E-state index contributed by atoms with van der Waals surface area (Å²) < 4.78 is 0. The minimum atomic E-state index is -0.529. The van der Waals surface area contributed by atoms with E-state index in [-0.39, 0.29) is 28.2 Å². The number of halogens is 1. The lowest BCUT2D eigenvalue weighted by molar-refractivity contribution is -0.384. The Hall–Kier alpha value is -1.62. The van der Waals surface area contributed by atoms with Crippen LogP contribution in [0.15, 0.2) is 18.2 Å². The largest absolute Gasteiger partial charge is 0.349 e. The average Bonchev–Trinajstić information content (AvgIpc) is 2.44. The summed E-state index contributed by atoms with van der Waals surface area (Å²) in [7, 11) is 0.